The summed E-state index contributed by atoms with van der Waals surface area (Å²) in [5, 5.41) is 8.65. The summed E-state index contributed by atoms with van der Waals surface area (Å²) < 4.78 is 5.76. The first-order valence-electron chi connectivity index (χ1n) is 10.7. The molecule has 6 nitrogen and oxygen atoms in total. The van der Waals surface area contributed by atoms with E-state index in [1.54, 1.807) is 0 Å². The van der Waals surface area contributed by atoms with Gasteiger partial charge in [0, 0.05) is 37.4 Å². The fourth-order valence-corrected chi connectivity index (χ4v) is 4.31. The maximum Gasteiger partial charge on any atom is 0.277 e. The van der Waals surface area contributed by atoms with E-state index >= 15 is 0 Å². The molecule has 0 N–H and O–H groups in total. The Morgan fingerprint density at radius 3 is 2.48 bits per heavy atom. The molecule has 162 valence electrons. The Labute approximate surface area is 187 Å². The maximum absolute atomic E-state index is 12.6. The van der Waals surface area contributed by atoms with Gasteiger partial charge < -0.3 is 14.2 Å². The number of hydrogen-bond donors (Lipinski definition) is 0. The van der Waals surface area contributed by atoms with E-state index in [0.717, 1.165) is 31.7 Å². The molecule has 0 atom stereocenters. The lowest BCUT2D eigenvalue weighted by atomic mass is 10.0. The van der Waals surface area contributed by atoms with Crippen molar-refractivity contribution in [2.45, 2.75) is 31.9 Å². The molecule has 0 unspecified atom stereocenters. The molecule has 31 heavy (non-hydrogen) atoms. The quantitative estimate of drug-likeness (QED) is 0.526. The Morgan fingerprint density at radius 1 is 1.06 bits per heavy atom. The third-order valence-corrected chi connectivity index (χ3v) is 6.35. The summed E-state index contributed by atoms with van der Waals surface area (Å²) in [4.78, 5) is 16.9. The Hall–Kier alpha value is -2.80. The predicted octanol–water partition coefficient (Wildman–Crippen LogP) is 4.61. The van der Waals surface area contributed by atoms with Crippen LogP contribution in [-0.2, 0) is 4.79 Å². The molecule has 0 bridgehead atoms. The predicted molar refractivity (Wildman–Crippen MR) is 125 cm³/mol. The van der Waals surface area contributed by atoms with E-state index in [2.05, 4.69) is 72.3 Å². The van der Waals surface area contributed by atoms with E-state index in [1.807, 2.05) is 17.0 Å². The largest absolute Gasteiger partial charge is 0.411 e. The molecular formula is C24H28N4O2S. The minimum absolute atomic E-state index is 0.106. The smallest absolute Gasteiger partial charge is 0.277 e. The molecular weight excluding hydrogens is 408 g/mol. The van der Waals surface area contributed by atoms with Crippen LogP contribution in [0.1, 0.15) is 30.9 Å². The molecule has 1 aliphatic heterocycles. The van der Waals surface area contributed by atoms with Gasteiger partial charge in [0.1, 0.15) is 0 Å². The number of carbonyl (C=O) groups is 1. The molecule has 0 radical (unpaired) electrons. The second-order valence-electron chi connectivity index (χ2n) is 8.15. The average Bonchev–Trinajstić information content (AvgIpc) is 3.27. The summed E-state index contributed by atoms with van der Waals surface area (Å²) in [6.07, 6.45) is 0. The molecule has 0 spiro atoms. The third kappa shape index (κ3) is 5.28. The van der Waals surface area contributed by atoms with Gasteiger partial charge in [-0.05, 0) is 48.2 Å². The number of aryl methyl sites for hydroxylation is 1. The zero-order valence-corrected chi connectivity index (χ0v) is 19.1. The van der Waals surface area contributed by atoms with Crippen molar-refractivity contribution in [1.82, 2.24) is 15.1 Å². The van der Waals surface area contributed by atoms with E-state index in [4.69, 9.17) is 4.42 Å². The number of aromatic nitrogens is 2. The first-order valence-corrected chi connectivity index (χ1v) is 11.6. The van der Waals surface area contributed by atoms with Crippen LogP contribution in [0.2, 0.25) is 0 Å². The molecule has 1 saturated heterocycles. The van der Waals surface area contributed by atoms with E-state index in [9.17, 15) is 4.79 Å². The Bertz CT molecular complexity index is 1020. The standard InChI is InChI=1S/C24H28N4O2S/c1-17(2)19-7-9-20(10-8-19)23-25-26-24(30-23)31-16-22(29)28-13-11-27(12-14-28)21-6-4-5-18(3)15-21/h4-10,15,17H,11-14,16H2,1-3H3. The van der Waals surface area contributed by atoms with Crippen molar-refractivity contribution in [3.63, 3.8) is 0 Å². The van der Waals surface area contributed by atoms with Crippen LogP contribution in [0, 0.1) is 6.92 Å². The van der Waals surface area contributed by atoms with Gasteiger partial charge in [0.2, 0.25) is 11.8 Å². The van der Waals surface area contributed by atoms with Crippen LogP contribution in [0.4, 0.5) is 5.69 Å². The summed E-state index contributed by atoms with van der Waals surface area (Å²) in [6, 6.07) is 16.7. The number of rotatable bonds is 6. The third-order valence-electron chi connectivity index (χ3n) is 5.55. The fraction of sp³-hybridized carbons (Fsp3) is 0.375. The van der Waals surface area contributed by atoms with Gasteiger partial charge in [-0.3, -0.25) is 4.79 Å². The number of carbonyl (C=O) groups excluding carboxylic acids is 1. The molecule has 1 fully saturated rings. The number of amides is 1. The zero-order chi connectivity index (χ0) is 21.8. The van der Waals surface area contributed by atoms with E-state index in [0.29, 0.717) is 22.8 Å². The number of benzene rings is 2. The van der Waals surface area contributed by atoms with Crippen molar-refractivity contribution < 1.29 is 9.21 Å². The van der Waals surface area contributed by atoms with Crippen molar-refractivity contribution in [3.05, 3.63) is 59.7 Å². The highest BCUT2D eigenvalue weighted by Gasteiger charge is 2.22. The van der Waals surface area contributed by atoms with Gasteiger partial charge >= 0.3 is 0 Å². The minimum atomic E-state index is 0.106. The van der Waals surface area contributed by atoms with Gasteiger partial charge in [-0.2, -0.15) is 0 Å². The second kappa shape index (κ2) is 9.56. The number of thioether (sulfide) groups is 1. The molecule has 3 aromatic rings. The topological polar surface area (TPSA) is 62.5 Å². The maximum atomic E-state index is 12.6. The van der Waals surface area contributed by atoms with Gasteiger partial charge in [-0.1, -0.05) is 49.9 Å². The summed E-state index contributed by atoms with van der Waals surface area (Å²) >= 11 is 1.30. The molecule has 1 amide bonds. The summed E-state index contributed by atoms with van der Waals surface area (Å²) in [6.45, 7) is 9.57. The monoisotopic (exact) mass is 436 g/mol. The highest BCUT2D eigenvalue weighted by atomic mass is 32.2. The van der Waals surface area contributed by atoms with Crippen molar-refractivity contribution in [2.24, 2.45) is 0 Å². The van der Waals surface area contributed by atoms with Crippen LogP contribution in [0.5, 0.6) is 0 Å². The van der Waals surface area contributed by atoms with Gasteiger partial charge in [0.25, 0.3) is 5.22 Å². The highest BCUT2D eigenvalue weighted by molar-refractivity contribution is 7.99. The van der Waals surface area contributed by atoms with Gasteiger partial charge in [-0.25, -0.2) is 0 Å². The van der Waals surface area contributed by atoms with E-state index < -0.39 is 0 Å². The summed E-state index contributed by atoms with van der Waals surface area (Å²) in [5.74, 6) is 1.37. The van der Waals surface area contributed by atoms with Crippen molar-refractivity contribution >= 4 is 23.4 Å². The number of piperazine rings is 1. The van der Waals surface area contributed by atoms with Crippen molar-refractivity contribution in [3.8, 4) is 11.5 Å². The normalized spacial score (nSPS) is 14.3. The highest BCUT2D eigenvalue weighted by Crippen LogP contribution is 2.25. The van der Waals surface area contributed by atoms with Crippen LogP contribution in [0.3, 0.4) is 0 Å². The van der Waals surface area contributed by atoms with Crippen molar-refractivity contribution in [1.29, 1.82) is 0 Å². The van der Waals surface area contributed by atoms with Crippen LogP contribution >= 0.6 is 11.8 Å². The van der Waals surface area contributed by atoms with Gasteiger partial charge in [-0.15, -0.1) is 10.2 Å². The lowest BCUT2D eigenvalue weighted by Crippen LogP contribution is -2.49. The van der Waals surface area contributed by atoms with Crippen molar-refractivity contribution in [2.75, 3.05) is 36.8 Å². The minimum Gasteiger partial charge on any atom is -0.411 e. The van der Waals surface area contributed by atoms with E-state index in [-0.39, 0.29) is 5.91 Å². The number of hydrogen-bond acceptors (Lipinski definition) is 6. The molecule has 1 aliphatic rings. The van der Waals surface area contributed by atoms with E-state index in [1.165, 1.54) is 28.6 Å². The summed E-state index contributed by atoms with van der Waals surface area (Å²) in [5.41, 5.74) is 4.64. The first-order chi connectivity index (χ1) is 15.0. The van der Waals surface area contributed by atoms with Crippen LogP contribution in [0.15, 0.2) is 58.2 Å². The molecule has 4 rings (SSSR count). The zero-order valence-electron chi connectivity index (χ0n) is 18.2. The Balaban J connectivity index is 1.28. The van der Waals surface area contributed by atoms with Gasteiger partial charge in [0.05, 0.1) is 5.75 Å². The van der Waals surface area contributed by atoms with Crippen LogP contribution in [-0.4, -0.2) is 52.9 Å². The molecule has 1 aromatic heterocycles. The molecule has 0 aliphatic carbocycles. The Morgan fingerprint density at radius 2 is 1.81 bits per heavy atom. The number of anilines is 1. The molecule has 2 aromatic carbocycles. The fourth-order valence-electron chi connectivity index (χ4n) is 3.65. The number of nitrogens with zero attached hydrogens (tertiary/aromatic N) is 4. The molecule has 2 heterocycles. The van der Waals surface area contributed by atoms with Crippen LogP contribution < -0.4 is 4.90 Å². The molecule has 7 heteroatoms. The van der Waals surface area contributed by atoms with Gasteiger partial charge in [0.15, 0.2) is 0 Å². The lowest BCUT2D eigenvalue weighted by molar-refractivity contribution is -0.128. The summed E-state index contributed by atoms with van der Waals surface area (Å²) in [7, 11) is 0. The SMILES string of the molecule is Cc1cccc(N2CCN(C(=O)CSc3nnc(-c4ccc(C(C)C)cc4)o3)CC2)c1. The Kier molecular flexibility index (Phi) is 6.61. The average molecular weight is 437 g/mol. The first kappa shape index (κ1) is 21.4. The second-order valence-corrected chi connectivity index (χ2v) is 9.07. The van der Waals surface area contributed by atoms with Crippen LogP contribution in [0.25, 0.3) is 11.5 Å². The molecule has 0 saturated carbocycles. The lowest BCUT2D eigenvalue weighted by Gasteiger charge is -2.36.